The maximum absolute atomic E-state index is 9.78. The molecular weight excluding hydrogens is 242 g/mol. The molecule has 1 aromatic rings. The Morgan fingerprint density at radius 2 is 1.89 bits per heavy atom. The minimum Gasteiger partial charge on any atom is -0.492 e. The third kappa shape index (κ3) is 7.82. The Kier molecular flexibility index (Phi) is 7.48. The summed E-state index contributed by atoms with van der Waals surface area (Å²) in [6.07, 6.45) is -0.300. The molecule has 108 valence electrons. The van der Waals surface area contributed by atoms with E-state index >= 15 is 0 Å². The molecule has 1 rings (SSSR count). The smallest absolute Gasteiger partial charge is 0.119 e. The van der Waals surface area contributed by atoms with Crippen LogP contribution in [0.5, 0.6) is 5.75 Å². The molecule has 0 aliphatic heterocycles. The van der Waals surface area contributed by atoms with Crippen LogP contribution in [-0.4, -0.2) is 55.6 Å². The summed E-state index contributed by atoms with van der Waals surface area (Å²) in [4.78, 5) is 2.04. The molecule has 0 aliphatic rings. The van der Waals surface area contributed by atoms with Crippen molar-refractivity contribution >= 4 is 0 Å². The highest BCUT2D eigenvalue weighted by Crippen LogP contribution is 2.07. The molecule has 0 aromatic heterocycles. The van der Waals surface area contributed by atoms with E-state index in [1.807, 2.05) is 56.1 Å². The SMILES string of the molecule is CC(C)OC[C@H](O)CN(C)CCOc1ccccc1. The molecule has 0 fully saturated rings. The van der Waals surface area contributed by atoms with Gasteiger partial charge in [0.05, 0.1) is 18.8 Å². The number of hydrogen-bond acceptors (Lipinski definition) is 4. The minimum absolute atomic E-state index is 0.154. The Hall–Kier alpha value is -1.10. The van der Waals surface area contributed by atoms with Crippen LogP contribution in [0.25, 0.3) is 0 Å². The molecule has 0 radical (unpaired) electrons. The molecule has 19 heavy (non-hydrogen) atoms. The van der Waals surface area contributed by atoms with Crippen molar-refractivity contribution in [2.75, 3.05) is 33.4 Å². The summed E-state index contributed by atoms with van der Waals surface area (Å²) in [6, 6.07) is 9.73. The van der Waals surface area contributed by atoms with Crippen LogP contribution < -0.4 is 4.74 Å². The van der Waals surface area contributed by atoms with E-state index in [2.05, 4.69) is 0 Å². The van der Waals surface area contributed by atoms with E-state index in [-0.39, 0.29) is 6.10 Å². The second-order valence-corrected chi connectivity index (χ2v) is 4.96. The first-order chi connectivity index (χ1) is 9.08. The van der Waals surface area contributed by atoms with Gasteiger partial charge in [-0.05, 0) is 33.0 Å². The van der Waals surface area contributed by atoms with Gasteiger partial charge in [-0.1, -0.05) is 18.2 Å². The fraction of sp³-hybridized carbons (Fsp3) is 0.600. The van der Waals surface area contributed by atoms with Gasteiger partial charge < -0.3 is 19.5 Å². The molecule has 1 atom stereocenters. The lowest BCUT2D eigenvalue weighted by Crippen LogP contribution is -2.35. The van der Waals surface area contributed by atoms with Crippen molar-refractivity contribution in [3.63, 3.8) is 0 Å². The van der Waals surface area contributed by atoms with E-state index in [4.69, 9.17) is 9.47 Å². The zero-order valence-electron chi connectivity index (χ0n) is 12.1. The molecule has 0 amide bonds. The van der Waals surface area contributed by atoms with E-state index in [0.29, 0.717) is 19.8 Å². The van der Waals surface area contributed by atoms with Crippen LogP contribution in [-0.2, 0) is 4.74 Å². The standard InChI is InChI=1S/C15H25NO3/c1-13(2)19-12-14(17)11-16(3)9-10-18-15-7-5-4-6-8-15/h4-8,13-14,17H,9-12H2,1-3H3/t14-/m1/s1. The average molecular weight is 267 g/mol. The predicted molar refractivity (Wildman–Crippen MR) is 76.5 cm³/mol. The van der Waals surface area contributed by atoms with Crippen molar-refractivity contribution in [2.45, 2.75) is 26.1 Å². The monoisotopic (exact) mass is 267 g/mol. The summed E-state index contributed by atoms with van der Waals surface area (Å²) in [7, 11) is 1.97. The number of rotatable bonds is 9. The Morgan fingerprint density at radius 1 is 1.21 bits per heavy atom. The van der Waals surface area contributed by atoms with Crippen LogP contribution in [0.2, 0.25) is 0 Å². The molecule has 4 heteroatoms. The molecule has 0 saturated heterocycles. The molecular formula is C15H25NO3. The molecule has 1 aromatic carbocycles. The first-order valence-corrected chi connectivity index (χ1v) is 6.74. The third-order valence-electron chi connectivity index (χ3n) is 2.63. The highest BCUT2D eigenvalue weighted by Gasteiger charge is 2.09. The maximum atomic E-state index is 9.78. The van der Waals surface area contributed by atoms with Crippen LogP contribution in [0.1, 0.15) is 13.8 Å². The van der Waals surface area contributed by atoms with Gasteiger partial charge in [-0.25, -0.2) is 0 Å². The average Bonchev–Trinajstić information content (AvgIpc) is 2.37. The fourth-order valence-electron chi connectivity index (χ4n) is 1.64. The number of ether oxygens (including phenoxy) is 2. The highest BCUT2D eigenvalue weighted by atomic mass is 16.5. The summed E-state index contributed by atoms with van der Waals surface area (Å²) < 4.78 is 11.0. The van der Waals surface area contributed by atoms with Crippen molar-refractivity contribution < 1.29 is 14.6 Å². The predicted octanol–water partition coefficient (Wildman–Crippen LogP) is 1.78. The lowest BCUT2D eigenvalue weighted by molar-refractivity contribution is -0.00649. The van der Waals surface area contributed by atoms with Crippen molar-refractivity contribution in [3.8, 4) is 5.75 Å². The van der Waals surface area contributed by atoms with E-state index in [0.717, 1.165) is 12.3 Å². The molecule has 0 saturated carbocycles. The van der Waals surface area contributed by atoms with Crippen molar-refractivity contribution in [3.05, 3.63) is 30.3 Å². The third-order valence-corrected chi connectivity index (χ3v) is 2.63. The molecule has 4 nitrogen and oxygen atoms in total. The molecule has 0 unspecified atom stereocenters. The van der Waals surface area contributed by atoms with Crippen LogP contribution in [0.15, 0.2) is 30.3 Å². The summed E-state index contributed by atoms with van der Waals surface area (Å²) in [5, 5.41) is 9.78. The number of nitrogens with zero attached hydrogens (tertiary/aromatic N) is 1. The van der Waals surface area contributed by atoms with Gasteiger partial charge in [-0.2, -0.15) is 0 Å². The summed E-state index contributed by atoms with van der Waals surface area (Å²) >= 11 is 0. The van der Waals surface area contributed by atoms with Crippen molar-refractivity contribution in [2.24, 2.45) is 0 Å². The van der Waals surface area contributed by atoms with Crippen LogP contribution in [0.3, 0.4) is 0 Å². The Morgan fingerprint density at radius 3 is 2.53 bits per heavy atom. The van der Waals surface area contributed by atoms with Gasteiger partial charge in [-0.15, -0.1) is 0 Å². The quantitative estimate of drug-likeness (QED) is 0.740. The van der Waals surface area contributed by atoms with Gasteiger partial charge in [-0.3, -0.25) is 0 Å². The van der Waals surface area contributed by atoms with E-state index in [1.165, 1.54) is 0 Å². The summed E-state index contributed by atoms with van der Waals surface area (Å²) in [5.74, 6) is 0.875. The highest BCUT2D eigenvalue weighted by molar-refractivity contribution is 5.20. The number of hydrogen-bond donors (Lipinski definition) is 1. The zero-order valence-corrected chi connectivity index (χ0v) is 12.1. The normalized spacial score (nSPS) is 12.9. The molecule has 0 heterocycles. The number of aliphatic hydroxyl groups is 1. The van der Waals surface area contributed by atoms with E-state index in [1.54, 1.807) is 0 Å². The lowest BCUT2D eigenvalue weighted by Gasteiger charge is -2.21. The van der Waals surface area contributed by atoms with Crippen LogP contribution in [0, 0.1) is 0 Å². The first kappa shape index (κ1) is 16.0. The maximum Gasteiger partial charge on any atom is 0.119 e. The number of benzene rings is 1. The Balaban J connectivity index is 2.12. The molecule has 1 N–H and O–H groups in total. The van der Waals surface area contributed by atoms with Crippen molar-refractivity contribution in [1.29, 1.82) is 0 Å². The van der Waals surface area contributed by atoms with E-state index in [9.17, 15) is 5.11 Å². The van der Waals surface area contributed by atoms with Gasteiger partial charge in [0, 0.05) is 13.1 Å². The summed E-state index contributed by atoms with van der Waals surface area (Å²) in [5.41, 5.74) is 0. The first-order valence-electron chi connectivity index (χ1n) is 6.74. The second kappa shape index (κ2) is 8.91. The lowest BCUT2D eigenvalue weighted by atomic mass is 10.3. The minimum atomic E-state index is -0.455. The number of likely N-dealkylation sites (N-methyl/N-ethyl adjacent to an activating group) is 1. The van der Waals surface area contributed by atoms with Crippen molar-refractivity contribution in [1.82, 2.24) is 4.90 Å². The van der Waals surface area contributed by atoms with Gasteiger partial charge in [0.2, 0.25) is 0 Å². The fourth-order valence-corrected chi connectivity index (χ4v) is 1.64. The Labute approximate surface area is 115 Å². The molecule has 0 aliphatic carbocycles. The Bertz CT molecular complexity index is 329. The van der Waals surface area contributed by atoms with Gasteiger partial charge >= 0.3 is 0 Å². The second-order valence-electron chi connectivity index (χ2n) is 4.96. The van der Waals surface area contributed by atoms with Gasteiger partial charge in [0.15, 0.2) is 0 Å². The zero-order chi connectivity index (χ0) is 14.1. The molecule has 0 bridgehead atoms. The summed E-state index contributed by atoms with van der Waals surface area (Å²) in [6.45, 7) is 6.27. The largest absolute Gasteiger partial charge is 0.492 e. The van der Waals surface area contributed by atoms with E-state index < -0.39 is 6.10 Å². The van der Waals surface area contributed by atoms with Gasteiger partial charge in [0.25, 0.3) is 0 Å². The number of para-hydroxylation sites is 1. The van der Waals surface area contributed by atoms with Gasteiger partial charge in [0.1, 0.15) is 12.4 Å². The van der Waals surface area contributed by atoms with Crippen LogP contribution >= 0.6 is 0 Å². The molecule has 0 spiro atoms. The topological polar surface area (TPSA) is 41.9 Å². The number of aliphatic hydroxyl groups excluding tert-OH is 1. The van der Waals surface area contributed by atoms with Crippen LogP contribution in [0.4, 0.5) is 0 Å².